The van der Waals surface area contributed by atoms with Crippen LogP contribution in [0.15, 0.2) is 24.3 Å². The molecule has 0 saturated heterocycles. The zero-order chi connectivity index (χ0) is 15.5. The summed E-state index contributed by atoms with van der Waals surface area (Å²) in [6.07, 6.45) is 1.28. The molecule has 0 atom stereocenters. The number of carbonyl (C=O) groups is 1. The van der Waals surface area contributed by atoms with Crippen molar-refractivity contribution >= 4 is 27.5 Å². The highest BCUT2D eigenvalue weighted by Gasteiger charge is 2.03. The van der Waals surface area contributed by atoms with E-state index < -0.39 is 0 Å². The Morgan fingerprint density at radius 3 is 2.52 bits per heavy atom. The summed E-state index contributed by atoms with van der Waals surface area (Å²) in [5, 5.41) is 2.89. The van der Waals surface area contributed by atoms with E-state index in [-0.39, 0.29) is 11.7 Å². The van der Waals surface area contributed by atoms with Gasteiger partial charge in [0.15, 0.2) is 0 Å². The molecule has 21 heavy (non-hydrogen) atoms. The van der Waals surface area contributed by atoms with E-state index in [9.17, 15) is 9.18 Å². The van der Waals surface area contributed by atoms with Gasteiger partial charge >= 0.3 is 0 Å². The number of halogens is 1. The molecule has 1 aromatic carbocycles. The molecule has 0 fully saturated rings. The Morgan fingerprint density at radius 1 is 1.19 bits per heavy atom. The maximum absolute atomic E-state index is 12.7. The third-order valence-electron chi connectivity index (χ3n) is 2.71. The maximum atomic E-state index is 12.7. The van der Waals surface area contributed by atoms with Crippen molar-refractivity contribution in [1.29, 1.82) is 0 Å². The number of rotatable bonds is 10. The van der Waals surface area contributed by atoms with Gasteiger partial charge in [-0.1, -0.05) is 33.7 Å². The Balaban J connectivity index is 2.00. The van der Waals surface area contributed by atoms with Crippen LogP contribution in [0, 0.1) is 5.82 Å². The lowest BCUT2D eigenvalue weighted by Crippen LogP contribution is -2.26. The third-order valence-corrected chi connectivity index (χ3v) is 5.18. The molecular weight excluding hydrogens is 307 g/mol. The van der Waals surface area contributed by atoms with Crippen LogP contribution in [0.2, 0.25) is 0 Å². The summed E-state index contributed by atoms with van der Waals surface area (Å²) in [7, 11) is 7.86. The fraction of sp³-hybridized carbons (Fsp3) is 0.533. The minimum absolute atomic E-state index is 0.00753. The van der Waals surface area contributed by atoms with Crippen molar-refractivity contribution < 1.29 is 9.18 Å². The van der Waals surface area contributed by atoms with Crippen LogP contribution < -0.4 is 5.32 Å². The second kappa shape index (κ2) is 10.9. The van der Waals surface area contributed by atoms with E-state index >= 15 is 0 Å². The number of amides is 1. The van der Waals surface area contributed by atoms with Gasteiger partial charge in [0.25, 0.3) is 0 Å². The van der Waals surface area contributed by atoms with Crippen LogP contribution in [0.25, 0.3) is 0 Å². The highest BCUT2D eigenvalue weighted by atomic mass is 33.1. The first-order valence-electron chi connectivity index (χ1n) is 6.98. The van der Waals surface area contributed by atoms with Gasteiger partial charge in [-0.15, -0.1) is 0 Å². The van der Waals surface area contributed by atoms with E-state index in [0.717, 1.165) is 30.0 Å². The molecule has 0 saturated carbocycles. The van der Waals surface area contributed by atoms with Crippen LogP contribution in [-0.2, 0) is 11.2 Å². The standard InChI is InChI=1S/C15H23FN2OS2/c1-18(2)9-11-21-20-10-3-8-17-15(19)12-13-4-6-14(16)7-5-13/h4-7H,3,8-12H2,1-2H3,(H,17,19). The van der Waals surface area contributed by atoms with Crippen LogP contribution in [0.4, 0.5) is 4.39 Å². The highest BCUT2D eigenvalue weighted by Crippen LogP contribution is 2.21. The van der Waals surface area contributed by atoms with Crippen molar-refractivity contribution in [2.45, 2.75) is 12.8 Å². The SMILES string of the molecule is CN(C)CCSSCCCNC(=O)Cc1ccc(F)cc1. The fourth-order valence-electron chi connectivity index (χ4n) is 1.55. The third kappa shape index (κ3) is 9.77. The fourth-order valence-corrected chi connectivity index (χ4v) is 3.77. The molecular formula is C15H23FN2OS2. The van der Waals surface area contributed by atoms with Crippen LogP contribution in [0.1, 0.15) is 12.0 Å². The normalized spacial score (nSPS) is 10.9. The van der Waals surface area contributed by atoms with E-state index in [1.807, 2.05) is 21.6 Å². The van der Waals surface area contributed by atoms with Crippen molar-refractivity contribution in [3.63, 3.8) is 0 Å². The van der Waals surface area contributed by atoms with Gasteiger partial charge in [-0.25, -0.2) is 4.39 Å². The Morgan fingerprint density at radius 2 is 1.86 bits per heavy atom. The average molecular weight is 330 g/mol. The lowest BCUT2D eigenvalue weighted by Gasteiger charge is -2.08. The molecule has 0 aromatic heterocycles. The number of benzene rings is 1. The summed E-state index contributed by atoms with van der Waals surface area (Å²) >= 11 is 0. The predicted octanol–water partition coefficient (Wildman–Crippen LogP) is 2.82. The molecule has 0 bridgehead atoms. The van der Waals surface area contributed by atoms with Crippen molar-refractivity contribution in [3.8, 4) is 0 Å². The van der Waals surface area contributed by atoms with E-state index in [1.54, 1.807) is 12.1 Å². The molecule has 1 aromatic rings. The summed E-state index contributed by atoms with van der Waals surface area (Å²) < 4.78 is 12.7. The zero-order valence-corrected chi connectivity index (χ0v) is 14.2. The summed E-state index contributed by atoms with van der Waals surface area (Å²) in [5.74, 6) is 1.87. The number of nitrogens with one attached hydrogen (secondary N) is 1. The molecule has 0 aliphatic carbocycles. The molecule has 3 nitrogen and oxygen atoms in total. The van der Waals surface area contributed by atoms with E-state index in [0.29, 0.717) is 13.0 Å². The van der Waals surface area contributed by atoms with E-state index in [1.165, 1.54) is 12.1 Å². The topological polar surface area (TPSA) is 32.3 Å². The van der Waals surface area contributed by atoms with Crippen molar-refractivity contribution in [1.82, 2.24) is 10.2 Å². The van der Waals surface area contributed by atoms with Gasteiger partial charge < -0.3 is 10.2 Å². The first-order chi connectivity index (χ1) is 10.1. The molecule has 0 aliphatic rings. The summed E-state index contributed by atoms with van der Waals surface area (Å²) in [6.45, 7) is 1.79. The van der Waals surface area contributed by atoms with Crippen LogP contribution >= 0.6 is 21.6 Å². The monoisotopic (exact) mass is 330 g/mol. The molecule has 0 heterocycles. The predicted molar refractivity (Wildman–Crippen MR) is 91.2 cm³/mol. The molecule has 0 aliphatic heterocycles. The minimum atomic E-state index is -0.275. The molecule has 0 unspecified atom stereocenters. The van der Waals surface area contributed by atoms with Crippen LogP contribution in [-0.4, -0.2) is 49.5 Å². The number of hydrogen-bond donors (Lipinski definition) is 1. The Labute approximate surface area is 134 Å². The van der Waals surface area contributed by atoms with E-state index in [2.05, 4.69) is 24.3 Å². The van der Waals surface area contributed by atoms with Crippen LogP contribution in [0.5, 0.6) is 0 Å². The zero-order valence-electron chi connectivity index (χ0n) is 12.6. The van der Waals surface area contributed by atoms with Crippen LogP contribution in [0.3, 0.4) is 0 Å². The van der Waals surface area contributed by atoms with Gasteiger partial charge in [-0.2, -0.15) is 0 Å². The second-order valence-electron chi connectivity index (χ2n) is 4.95. The average Bonchev–Trinajstić information content (AvgIpc) is 2.44. The number of hydrogen-bond acceptors (Lipinski definition) is 4. The molecule has 1 N–H and O–H groups in total. The largest absolute Gasteiger partial charge is 0.356 e. The Bertz CT molecular complexity index is 413. The molecule has 0 radical (unpaired) electrons. The lowest BCUT2D eigenvalue weighted by atomic mass is 10.1. The molecule has 0 spiro atoms. The number of carbonyl (C=O) groups excluding carboxylic acids is 1. The van der Waals surface area contributed by atoms with Gasteiger partial charge in [0.2, 0.25) is 5.91 Å². The van der Waals surface area contributed by atoms with Crippen molar-refractivity contribution in [3.05, 3.63) is 35.6 Å². The minimum Gasteiger partial charge on any atom is -0.356 e. The van der Waals surface area contributed by atoms with Gasteiger partial charge in [0.1, 0.15) is 5.82 Å². The van der Waals surface area contributed by atoms with Gasteiger partial charge in [-0.05, 0) is 38.2 Å². The summed E-state index contributed by atoms with van der Waals surface area (Å²) in [5.41, 5.74) is 0.836. The first kappa shape index (κ1) is 18.3. The Hall–Kier alpha value is -0.720. The molecule has 1 amide bonds. The summed E-state index contributed by atoms with van der Waals surface area (Å²) in [6, 6.07) is 6.05. The van der Waals surface area contributed by atoms with Crippen molar-refractivity contribution in [2.75, 3.05) is 38.7 Å². The summed E-state index contributed by atoms with van der Waals surface area (Å²) in [4.78, 5) is 13.9. The highest BCUT2D eigenvalue weighted by molar-refractivity contribution is 8.76. The maximum Gasteiger partial charge on any atom is 0.224 e. The first-order valence-corrected chi connectivity index (χ1v) is 9.47. The quantitative estimate of drug-likeness (QED) is 0.528. The van der Waals surface area contributed by atoms with Gasteiger partial charge in [0.05, 0.1) is 6.42 Å². The van der Waals surface area contributed by atoms with Gasteiger partial charge in [-0.3, -0.25) is 4.79 Å². The number of nitrogens with zero attached hydrogens (tertiary/aromatic N) is 1. The van der Waals surface area contributed by atoms with Gasteiger partial charge in [0, 0.05) is 24.6 Å². The second-order valence-corrected chi connectivity index (χ2v) is 7.66. The van der Waals surface area contributed by atoms with E-state index in [4.69, 9.17) is 0 Å². The smallest absolute Gasteiger partial charge is 0.224 e. The lowest BCUT2D eigenvalue weighted by molar-refractivity contribution is -0.120. The molecule has 118 valence electrons. The Kier molecular flexibility index (Phi) is 9.54. The molecule has 1 rings (SSSR count). The van der Waals surface area contributed by atoms with Crippen molar-refractivity contribution in [2.24, 2.45) is 0 Å². The molecule has 6 heteroatoms.